The molecule has 3 aromatic carbocycles. The number of aromatic nitrogens is 4. The van der Waals surface area contributed by atoms with Gasteiger partial charge in [0.2, 0.25) is 0 Å². The fraction of sp³-hybridized carbons (Fsp3) is 0.179. The molecule has 0 amide bonds. The third-order valence-corrected chi connectivity index (χ3v) is 5.31. The van der Waals surface area contributed by atoms with Crippen LogP contribution < -0.4 is 0 Å². The highest BCUT2D eigenvalue weighted by atomic mass is 19.1. The number of hydrogen-bond acceptors (Lipinski definition) is 3. The van der Waals surface area contributed by atoms with Crippen LogP contribution in [0.25, 0.3) is 10.9 Å². The maximum atomic E-state index is 13.4. The van der Waals surface area contributed by atoms with Crippen LogP contribution in [-0.2, 0) is 0 Å². The number of para-hydroxylation sites is 1. The summed E-state index contributed by atoms with van der Waals surface area (Å²) in [5.74, 6) is -0.302. The van der Waals surface area contributed by atoms with Crippen LogP contribution in [0.4, 0.5) is 8.78 Å². The highest BCUT2D eigenvalue weighted by molar-refractivity contribution is 5.80. The number of halogens is 2. The Bertz CT molecular complexity index is 1300. The van der Waals surface area contributed by atoms with Crippen molar-refractivity contribution < 1.29 is 8.78 Å². The molecular formula is C28H28F2N4. The first-order valence-corrected chi connectivity index (χ1v) is 10.6. The van der Waals surface area contributed by atoms with Gasteiger partial charge in [-0.3, -0.25) is 5.10 Å². The van der Waals surface area contributed by atoms with Crippen LogP contribution in [0, 0.1) is 32.4 Å². The van der Waals surface area contributed by atoms with Crippen molar-refractivity contribution in [2.45, 2.75) is 34.1 Å². The molecule has 1 N–H and O–H groups in total. The summed E-state index contributed by atoms with van der Waals surface area (Å²) >= 11 is 0. The molecule has 0 saturated carbocycles. The lowest BCUT2D eigenvalue weighted by Crippen LogP contribution is -2.09. The van der Waals surface area contributed by atoms with Crippen molar-refractivity contribution in [3.05, 3.63) is 125 Å². The smallest absolute Gasteiger partial charge is 0.141 e. The number of hydrogen-bond donors (Lipinski definition) is 1. The Labute approximate surface area is 198 Å². The zero-order chi connectivity index (χ0) is 23.4. The Morgan fingerprint density at radius 2 is 1.29 bits per heavy atom. The van der Waals surface area contributed by atoms with Crippen LogP contribution in [0.3, 0.4) is 0 Å². The Morgan fingerprint density at radius 3 is 1.76 bits per heavy atom. The van der Waals surface area contributed by atoms with Crippen molar-refractivity contribution >= 4 is 10.9 Å². The van der Waals surface area contributed by atoms with Crippen molar-refractivity contribution in [1.82, 2.24) is 20.2 Å². The summed E-state index contributed by atoms with van der Waals surface area (Å²) in [6.07, 6.45) is 0. The number of rotatable bonds is 3. The lowest BCUT2D eigenvalue weighted by Gasteiger charge is -2.18. The van der Waals surface area contributed by atoms with Crippen LogP contribution in [0.2, 0.25) is 0 Å². The number of fused-ring (bicyclic) bond motifs is 1. The normalized spacial score (nSPS) is 10.5. The summed E-state index contributed by atoms with van der Waals surface area (Å²) < 4.78 is 26.8. The van der Waals surface area contributed by atoms with Gasteiger partial charge < -0.3 is 0 Å². The second-order valence-electron chi connectivity index (χ2n) is 7.91. The van der Waals surface area contributed by atoms with Crippen molar-refractivity contribution in [1.29, 1.82) is 0 Å². The second kappa shape index (κ2) is 10.8. The van der Waals surface area contributed by atoms with E-state index < -0.39 is 0 Å². The lowest BCUT2D eigenvalue weighted by atomic mass is 9.90. The van der Waals surface area contributed by atoms with Crippen molar-refractivity contribution in [3.63, 3.8) is 0 Å². The first kappa shape index (κ1) is 24.7. The second-order valence-corrected chi connectivity index (χ2v) is 7.91. The van der Waals surface area contributed by atoms with E-state index in [9.17, 15) is 8.78 Å². The van der Waals surface area contributed by atoms with Gasteiger partial charge in [0.25, 0.3) is 0 Å². The third-order valence-electron chi connectivity index (χ3n) is 5.31. The maximum Gasteiger partial charge on any atom is 0.141 e. The number of benzene rings is 3. The molecule has 0 unspecified atom stereocenters. The summed E-state index contributed by atoms with van der Waals surface area (Å²) in [6, 6.07) is 22.4. The van der Waals surface area contributed by atoms with Gasteiger partial charge in [-0.15, -0.1) is 0 Å². The minimum Gasteiger partial charge on any atom is -0.283 e. The molecule has 0 aliphatic rings. The van der Waals surface area contributed by atoms with Crippen LogP contribution in [-0.4, -0.2) is 20.2 Å². The molecule has 5 rings (SSSR count). The number of nitrogens with zero attached hydrogens (tertiary/aromatic N) is 3. The maximum absolute atomic E-state index is 13.4. The van der Waals surface area contributed by atoms with Gasteiger partial charge in [0.05, 0.1) is 17.1 Å². The molecule has 0 aliphatic carbocycles. The predicted octanol–water partition coefficient (Wildman–Crippen LogP) is 7.06. The fourth-order valence-electron chi connectivity index (χ4n) is 3.74. The van der Waals surface area contributed by atoms with Crippen molar-refractivity contribution in [2.24, 2.45) is 0 Å². The molecule has 0 spiro atoms. The zero-order valence-electron chi connectivity index (χ0n) is 18.7. The monoisotopic (exact) mass is 458 g/mol. The van der Waals surface area contributed by atoms with Crippen LogP contribution >= 0.6 is 0 Å². The molecule has 0 fully saturated rings. The molecule has 2 aromatic heterocycles. The van der Waals surface area contributed by atoms with Crippen molar-refractivity contribution in [2.75, 3.05) is 0 Å². The molecule has 0 aliphatic heterocycles. The summed E-state index contributed by atoms with van der Waals surface area (Å²) in [5.41, 5.74) is 5.61. The van der Waals surface area contributed by atoms with Gasteiger partial charge in [-0.05, 0) is 68.3 Å². The van der Waals surface area contributed by atoms with Gasteiger partial charge in [-0.2, -0.15) is 5.10 Å². The number of aryl methyl sites for hydroxylation is 3. The third kappa shape index (κ3) is 5.70. The molecule has 0 saturated heterocycles. The fourth-order valence-corrected chi connectivity index (χ4v) is 3.74. The average molecular weight is 459 g/mol. The van der Waals surface area contributed by atoms with Gasteiger partial charge in [0, 0.05) is 16.8 Å². The standard InChI is InChI=1S/C22H16F2N2.C5H8N2.CH4/c1-14-19-4-2-3-5-20(19)26-22(25-14)21(15-6-10-17(23)11-7-15)16-8-12-18(24)13-9-16;1-4-3-5(2)7-6-4;/h2-13,21H,1H3;3H,1-2H3,(H,6,7);1H4. The Hall–Kier alpha value is -3.93. The van der Waals surface area contributed by atoms with E-state index in [1.807, 2.05) is 51.1 Å². The molecular weight excluding hydrogens is 430 g/mol. The van der Waals surface area contributed by atoms with E-state index in [0.717, 1.165) is 39.1 Å². The van der Waals surface area contributed by atoms with E-state index >= 15 is 0 Å². The molecule has 5 aromatic rings. The van der Waals surface area contributed by atoms with Gasteiger partial charge in [0.1, 0.15) is 17.5 Å². The molecule has 2 heterocycles. The van der Waals surface area contributed by atoms with Crippen LogP contribution in [0.15, 0.2) is 78.9 Å². The molecule has 0 bridgehead atoms. The summed E-state index contributed by atoms with van der Waals surface area (Å²) in [7, 11) is 0. The average Bonchev–Trinajstić information content (AvgIpc) is 3.19. The summed E-state index contributed by atoms with van der Waals surface area (Å²) in [5, 5.41) is 7.70. The Balaban J connectivity index is 0.000000350. The first-order chi connectivity index (χ1) is 15.9. The molecule has 0 radical (unpaired) electrons. The topological polar surface area (TPSA) is 54.5 Å². The van der Waals surface area contributed by atoms with E-state index in [2.05, 4.69) is 10.2 Å². The van der Waals surface area contributed by atoms with Gasteiger partial charge in [-0.25, -0.2) is 18.7 Å². The number of H-pyrrole nitrogens is 1. The molecule has 4 nitrogen and oxygen atoms in total. The molecule has 34 heavy (non-hydrogen) atoms. The van der Waals surface area contributed by atoms with Gasteiger partial charge in [-0.1, -0.05) is 49.9 Å². The first-order valence-electron chi connectivity index (χ1n) is 10.6. The summed E-state index contributed by atoms with van der Waals surface area (Å²) in [6.45, 7) is 5.89. The zero-order valence-corrected chi connectivity index (χ0v) is 18.7. The van der Waals surface area contributed by atoms with Crippen molar-refractivity contribution in [3.8, 4) is 0 Å². The predicted molar refractivity (Wildman–Crippen MR) is 133 cm³/mol. The van der Waals surface area contributed by atoms with Crippen LogP contribution in [0.1, 0.15) is 47.4 Å². The van der Waals surface area contributed by atoms with E-state index in [0.29, 0.717) is 5.82 Å². The SMILES string of the molecule is C.Cc1cc(C)[nH]n1.Cc1nc(C(c2ccc(F)cc2)c2ccc(F)cc2)nc2ccccc12. The molecule has 0 atom stereocenters. The minimum atomic E-state index is -0.306. The Kier molecular flexibility index (Phi) is 7.84. The summed E-state index contributed by atoms with van der Waals surface area (Å²) in [4.78, 5) is 9.44. The van der Waals surface area contributed by atoms with Gasteiger partial charge >= 0.3 is 0 Å². The highest BCUT2D eigenvalue weighted by Crippen LogP contribution is 2.31. The van der Waals surface area contributed by atoms with E-state index in [-0.39, 0.29) is 25.0 Å². The molecule has 174 valence electrons. The van der Waals surface area contributed by atoms with Crippen LogP contribution in [0.5, 0.6) is 0 Å². The quantitative estimate of drug-likeness (QED) is 0.315. The number of nitrogens with one attached hydrogen (secondary N) is 1. The van der Waals surface area contributed by atoms with E-state index in [1.165, 1.54) is 24.3 Å². The van der Waals surface area contributed by atoms with E-state index in [1.54, 1.807) is 24.3 Å². The number of aromatic amines is 1. The Morgan fingerprint density at radius 1 is 0.735 bits per heavy atom. The molecule has 6 heteroatoms. The van der Waals surface area contributed by atoms with E-state index in [4.69, 9.17) is 9.97 Å². The largest absolute Gasteiger partial charge is 0.283 e. The minimum absolute atomic E-state index is 0. The lowest BCUT2D eigenvalue weighted by molar-refractivity contribution is 0.625. The van der Waals surface area contributed by atoms with Gasteiger partial charge in [0.15, 0.2) is 0 Å². The highest BCUT2D eigenvalue weighted by Gasteiger charge is 2.21.